The zero-order valence-corrected chi connectivity index (χ0v) is 11.3. The van der Waals surface area contributed by atoms with Gasteiger partial charge in [-0.15, -0.1) is 0 Å². The monoisotopic (exact) mass is 244 g/mol. The molecule has 0 saturated heterocycles. The highest BCUT2D eigenvalue weighted by molar-refractivity contribution is 6.01. The molecule has 2 heteroatoms. The van der Waals surface area contributed by atoms with Crippen LogP contribution in [0.1, 0.15) is 56.0 Å². The SMILES string of the molecule is CC(C)(C)c1ccc(C(=O)C2CCC(=O)C2)cc1. The summed E-state index contributed by atoms with van der Waals surface area (Å²) >= 11 is 0. The van der Waals surface area contributed by atoms with E-state index in [1.807, 2.05) is 24.3 Å². The second-order valence-electron chi connectivity index (χ2n) is 6.17. The van der Waals surface area contributed by atoms with E-state index in [4.69, 9.17) is 0 Å². The van der Waals surface area contributed by atoms with Gasteiger partial charge in [0.1, 0.15) is 5.78 Å². The maximum atomic E-state index is 12.2. The van der Waals surface area contributed by atoms with Gasteiger partial charge in [-0.3, -0.25) is 9.59 Å². The quantitative estimate of drug-likeness (QED) is 0.746. The minimum absolute atomic E-state index is 0.0852. The largest absolute Gasteiger partial charge is 0.300 e. The molecule has 0 aromatic heterocycles. The van der Waals surface area contributed by atoms with Crippen molar-refractivity contribution in [2.24, 2.45) is 5.92 Å². The van der Waals surface area contributed by atoms with Gasteiger partial charge in [-0.2, -0.15) is 0 Å². The fourth-order valence-electron chi connectivity index (χ4n) is 2.41. The predicted molar refractivity (Wildman–Crippen MR) is 71.8 cm³/mol. The first-order valence-corrected chi connectivity index (χ1v) is 6.54. The maximum absolute atomic E-state index is 12.2. The van der Waals surface area contributed by atoms with E-state index in [1.54, 1.807) is 0 Å². The van der Waals surface area contributed by atoms with Crippen molar-refractivity contribution in [3.63, 3.8) is 0 Å². The van der Waals surface area contributed by atoms with Crippen molar-refractivity contribution in [3.05, 3.63) is 35.4 Å². The smallest absolute Gasteiger partial charge is 0.166 e. The van der Waals surface area contributed by atoms with Gasteiger partial charge in [-0.05, 0) is 17.4 Å². The Hall–Kier alpha value is -1.44. The van der Waals surface area contributed by atoms with Crippen LogP contribution in [0.4, 0.5) is 0 Å². The normalized spacial score (nSPS) is 20.2. The summed E-state index contributed by atoms with van der Waals surface area (Å²) in [5.74, 6) is 0.263. The van der Waals surface area contributed by atoms with Gasteiger partial charge in [0, 0.05) is 24.3 Å². The summed E-state index contributed by atoms with van der Waals surface area (Å²) in [4.78, 5) is 23.4. The number of benzene rings is 1. The zero-order chi connectivity index (χ0) is 13.3. The van der Waals surface area contributed by atoms with Crippen molar-refractivity contribution in [1.29, 1.82) is 0 Å². The number of Topliss-reactive ketones (excluding diaryl/α,β-unsaturated/α-hetero) is 2. The first-order valence-electron chi connectivity index (χ1n) is 6.54. The van der Waals surface area contributed by atoms with E-state index in [0.717, 1.165) is 12.0 Å². The highest BCUT2D eigenvalue weighted by Crippen LogP contribution is 2.27. The molecule has 0 radical (unpaired) electrons. The van der Waals surface area contributed by atoms with Crippen LogP contribution in [0.25, 0.3) is 0 Å². The molecule has 1 unspecified atom stereocenters. The third-order valence-corrected chi connectivity index (χ3v) is 3.65. The molecule has 0 N–H and O–H groups in total. The standard InChI is InChI=1S/C16H20O2/c1-16(2,3)13-7-4-11(5-8-13)15(18)12-6-9-14(17)10-12/h4-5,7-8,12H,6,9-10H2,1-3H3. The molecule has 18 heavy (non-hydrogen) atoms. The van der Waals surface area contributed by atoms with E-state index in [-0.39, 0.29) is 22.9 Å². The van der Waals surface area contributed by atoms with Crippen LogP contribution in [0.15, 0.2) is 24.3 Å². The van der Waals surface area contributed by atoms with E-state index >= 15 is 0 Å². The molecule has 2 rings (SSSR count). The van der Waals surface area contributed by atoms with Gasteiger partial charge in [-0.25, -0.2) is 0 Å². The summed E-state index contributed by atoms with van der Waals surface area (Å²) in [6.07, 6.45) is 1.72. The van der Waals surface area contributed by atoms with Crippen LogP contribution in [0.5, 0.6) is 0 Å². The molecule has 1 aromatic rings. The molecule has 1 fully saturated rings. The third-order valence-electron chi connectivity index (χ3n) is 3.65. The van der Waals surface area contributed by atoms with Crippen molar-refractivity contribution < 1.29 is 9.59 Å². The Bertz CT molecular complexity index is 463. The molecule has 1 atom stereocenters. The van der Waals surface area contributed by atoms with Gasteiger partial charge in [-0.1, -0.05) is 45.0 Å². The summed E-state index contributed by atoms with van der Waals surface area (Å²) in [6, 6.07) is 7.82. The summed E-state index contributed by atoms with van der Waals surface area (Å²) in [7, 11) is 0. The number of ketones is 2. The predicted octanol–water partition coefficient (Wildman–Crippen LogP) is 3.54. The lowest BCUT2D eigenvalue weighted by Crippen LogP contribution is -2.14. The molecule has 0 heterocycles. The van der Waals surface area contributed by atoms with Crippen molar-refractivity contribution in [2.75, 3.05) is 0 Å². The Kier molecular flexibility index (Phi) is 3.38. The molecular formula is C16H20O2. The van der Waals surface area contributed by atoms with Gasteiger partial charge >= 0.3 is 0 Å². The number of rotatable bonds is 2. The van der Waals surface area contributed by atoms with Gasteiger partial charge in [0.05, 0.1) is 0 Å². The molecule has 0 aliphatic heterocycles. The Morgan fingerprint density at radius 2 is 1.78 bits per heavy atom. The molecule has 1 aromatic carbocycles. The van der Waals surface area contributed by atoms with E-state index < -0.39 is 0 Å². The lowest BCUT2D eigenvalue weighted by atomic mass is 9.85. The average Bonchev–Trinajstić information content (AvgIpc) is 2.74. The van der Waals surface area contributed by atoms with Crippen LogP contribution < -0.4 is 0 Å². The Labute approximate surface area is 108 Å². The minimum Gasteiger partial charge on any atom is -0.300 e. The van der Waals surface area contributed by atoms with E-state index in [2.05, 4.69) is 20.8 Å². The Morgan fingerprint density at radius 3 is 2.22 bits per heavy atom. The van der Waals surface area contributed by atoms with Crippen LogP contribution in [0.2, 0.25) is 0 Å². The summed E-state index contributed by atoms with van der Waals surface area (Å²) < 4.78 is 0. The highest BCUT2D eigenvalue weighted by atomic mass is 16.1. The molecule has 0 bridgehead atoms. The zero-order valence-electron chi connectivity index (χ0n) is 11.3. The van der Waals surface area contributed by atoms with Crippen LogP contribution >= 0.6 is 0 Å². The second-order valence-corrected chi connectivity index (χ2v) is 6.17. The Balaban J connectivity index is 2.15. The molecule has 1 aliphatic rings. The lowest BCUT2D eigenvalue weighted by molar-refractivity contribution is -0.117. The van der Waals surface area contributed by atoms with E-state index in [1.165, 1.54) is 5.56 Å². The van der Waals surface area contributed by atoms with Crippen LogP contribution in [0.3, 0.4) is 0 Å². The Morgan fingerprint density at radius 1 is 1.17 bits per heavy atom. The molecule has 0 spiro atoms. The van der Waals surface area contributed by atoms with E-state index in [0.29, 0.717) is 12.8 Å². The molecule has 96 valence electrons. The van der Waals surface area contributed by atoms with Crippen molar-refractivity contribution in [2.45, 2.75) is 45.4 Å². The topological polar surface area (TPSA) is 34.1 Å². The molecular weight excluding hydrogens is 224 g/mol. The second kappa shape index (κ2) is 4.68. The fraction of sp³-hybridized carbons (Fsp3) is 0.500. The van der Waals surface area contributed by atoms with Crippen molar-refractivity contribution >= 4 is 11.6 Å². The van der Waals surface area contributed by atoms with Crippen LogP contribution in [-0.2, 0) is 10.2 Å². The highest BCUT2D eigenvalue weighted by Gasteiger charge is 2.28. The van der Waals surface area contributed by atoms with Crippen molar-refractivity contribution in [1.82, 2.24) is 0 Å². The molecule has 2 nitrogen and oxygen atoms in total. The van der Waals surface area contributed by atoms with Crippen LogP contribution in [-0.4, -0.2) is 11.6 Å². The maximum Gasteiger partial charge on any atom is 0.166 e. The average molecular weight is 244 g/mol. The first kappa shape index (κ1) is 13.0. The number of carbonyl (C=O) groups is 2. The van der Waals surface area contributed by atoms with Gasteiger partial charge < -0.3 is 0 Å². The van der Waals surface area contributed by atoms with Gasteiger partial charge in [0.25, 0.3) is 0 Å². The summed E-state index contributed by atoms with van der Waals surface area (Å²) in [5.41, 5.74) is 2.06. The van der Waals surface area contributed by atoms with Crippen molar-refractivity contribution in [3.8, 4) is 0 Å². The minimum atomic E-state index is -0.0852. The first-order chi connectivity index (χ1) is 8.38. The molecule has 1 aliphatic carbocycles. The van der Waals surface area contributed by atoms with Gasteiger partial charge in [0.15, 0.2) is 5.78 Å². The number of hydrogen-bond acceptors (Lipinski definition) is 2. The summed E-state index contributed by atoms with van der Waals surface area (Å²) in [5, 5.41) is 0. The third kappa shape index (κ3) is 2.69. The number of carbonyl (C=O) groups excluding carboxylic acids is 2. The van der Waals surface area contributed by atoms with Crippen LogP contribution in [0, 0.1) is 5.92 Å². The van der Waals surface area contributed by atoms with E-state index in [9.17, 15) is 9.59 Å². The lowest BCUT2D eigenvalue weighted by Gasteiger charge is -2.19. The fourth-order valence-corrected chi connectivity index (χ4v) is 2.41. The molecule has 0 amide bonds. The van der Waals surface area contributed by atoms with Gasteiger partial charge in [0.2, 0.25) is 0 Å². The number of hydrogen-bond donors (Lipinski definition) is 0. The molecule has 1 saturated carbocycles. The summed E-state index contributed by atoms with van der Waals surface area (Å²) in [6.45, 7) is 6.46.